The Bertz CT molecular complexity index is 1570. The highest BCUT2D eigenvalue weighted by Gasteiger charge is 2.48. The predicted octanol–water partition coefficient (Wildman–Crippen LogP) is 1.14. The van der Waals surface area contributed by atoms with E-state index in [1.54, 1.807) is 6.92 Å². The lowest BCUT2D eigenvalue weighted by atomic mass is 9.81. The van der Waals surface area contributed by atoms with Crippen LogP contribution in [-0.4, -0.2) is 81.8 Å². The third-order valence-corrected chi connectivity index (χ3v) is 9.08. The first kappa shape index (κ1) is 34.2. The van der Waals surface area contributed by atoms with Crippen LogP contribution in [0.5, 0.6) is 5.75 Å². The number of nitro benzene ring substituents is 1. The summed E-state index contributed by atoms with van der Waals surface area (Å²) in [5, 5.41) is 12.5. The smallest absolute Gasteiger partial charge is 0.333 e. The Kier molecular flexibility index (Phi) is 10.5. The van der Waals surface area contributed by atoms with Crippen molar-refractivity contribution in [3.8, 4) is 5.75 Å². The average molecular weight is 665 g/mol. The second kappa shape index (κ2) is 14.2. The monoisotopic (exact) mass is 664 g/mol. The number of hydrogen-bond acceptors (Lipinski definition) is 12. The largest absolute Gasteiger partial charge is 0.494 e. The SMILES string of the molecule is CC(NC(=O)C1CCC(CN2C(=O)C=CC2=O)CC1)c1cc(OCCCC(=O)ON2C(=O)CC(S(=O)(=O)O)C2=O)ccc1[N+](=O)[O-]. The molecule has 0 radical (unpaired) electrons. The minimum absolute atomic E-state index is 0.00217. The molecule has 2 aliphatic heterocycles. The Morgan fingerprint density at radius 3 is 2.35 bits per heavy atom. The van der Waals surface area contributed by atoms with Gasteiger partial charge in [-0.25, -0.2) is 4.79 Å². The van der Waals surface area contributed by atoms with Crippen LogP contribution in [0.15, 0.2) is 30.4 Å². The zero-order valence-electron chi connectivity index (χ0n) is 24.7. The number of nitro groups is 1. The molecule has 2 heterocycles. The van der Waals surface area contributed by atoms with Gasteiger partial charge < -0.3 is 14.9 Å². The summed E-state index contributed by atoms with van der Waals surface area (Å²) < 4.78 is 37.1. The molecule has 1 saturated carbocycles. The van der Waals surface area contributed by atoms with Gasteiger partial charge in [0.05, 0.1) is 36.0 Å². The van der Waals surface area contributed by atoms with Crippen LogP contribution in [0.25, 0.3) is 0 Å². The molecule has 2 N–H and O–H groups in total. The van der Waals surface area contributed by atoms with Gasteiger partial charge in [-0.2, -0.15) is 8.42 Å². The number of rotatable bonds is 13. The van der Waals surface area contributed by atoms with Crippen LogP contribution in [0.4, 0.5) is 5.69 Å². The molecule has 2 unspecified atom stereocenters. The van der Waals surface area contributed by atoms with E-state index in [2.05, 4.69) is 10.2 Å². The second-order valence-corrected chi connectivity index (χ2v) is 12.8. The van der Waals surface area contributed by atoms with Crippen molar-refractivity contribution in [3.63, 3.8) is 0 Å². The zero-order chi connectivity index (χ0) is 33.8. The van der Waals surface area contributed by atoms with Gasteiger partial charge in [0.25, 0.3) is 39.4 Å². The number of hydrogen-bond donors (Lipinski definition) is 2. The second-order valence-electron chi connectivity index (χ2n) is 11.2. The molecule has 17 nitrogen and oxygen atoms in total. The van der Waals surface area contributed by atoms with E-state index in [9.17, 15) is 47.3 Å². The summed E-state index contributed by atoms with van der Waals surface area (Å²) in [6.45, 7) is 1.80. The van der Waals surface area contributed by atoms with Crippen molar-refractivity contribution in [2.75, 3.05) is 13.2 Å². The number of amides is 5. The summed E-state index contributed by atoms with van der Waals surface area (Å²) in [5.41, 5.74) is -0.0638. The maximum absolute atomic E-state index is 13.0. The van der Waals surface area contributed by atoms with Crippen LogP contribution in [0.3, 0.4) is 0 Å². The quantitative estimate of drug-likeness (QED) is 0.0990. The van der Waals surface area contributed by atoms with E-state index in [1.165, 1.54) is 35.3 Å². The Labute approximate surface area is 262 Å². The van der Waals surface area contributed by atoms with Crippen LogP contribution >= 0.6 is 0 Å². The summed E-state index contributed by atoms with van der Waals surface area (Å²) in [6.07, 6.45) is 3.61. The van der Waals surface area contributed by atoms with Crippen molar-refractivity contribution in [1.29, 1.82) is 0 Å². The van der Waals surface area contributed by atoms with E-state index < -0.39 is 50.5 Å². The van der Waals surface area contributed by atoms with E-state index in [0.29, 0.717) is 32.2 Å². The predicted molar refractivity (Wildman–Crippen MR) is 154 cm³/mol. The average Bonchev–Trinajstić information content (AvgIpc) is 3.47. The van der Waals surface area contributed by atoms with E-state index >= 15 is 0 Å². The van der Waals surface area contributed by atoms with Gasteiger partial charge in [0, 0.05) is 30.7 Å². The van der Waals surface area contributed by atoms with Gasteiger partial charge >= 0.3 is 5.97 Å². The summed E-state index contributed by atoms with van der Waals surface area (Å²) >= 11 is 0. The number of hydroxylamine groups is 2. The van der Waals surface area contributed by atoms with E-state index in [-0.39, 0.29) is 71.1 Å². The molecule has 5 amide bonds. The molecule has 248 valence electrons. The third-order valence-electron chi connectivity index (χ3n) is 7.99. The molecule has 1 aliphatic carbocycles. The molecular weight excluding hydrogens is 632 g/mol. The molecule has 4 rings (SSSR count). The van der Waals surface area contributed by atoms with Crippen molar-refractivity contribution in [2.24, 2.45) is 11.8 Å². The van der Waals surface area contributed by atoms with Gasteiger partial charge in [0.1, 0.15) is 5.75 Å². The standard InChI is InChI=1S/C28H32N4O13S/c1-16(29-27(37)18-6-4-17(5-7-18)15-30-23(33)10-11-24(30)34)20-13-19(8-9-21(20)32(39)40)44-12-2-3-26(36)45-31-25(35)14-22(28(31)38)46(41,42)43/h8-11,13,16-18,22H,2-7,12,14-15H2,1H3,(H,29,37)(H,41,42,43). The fraction of sp³-hybridized carbons (Fsp3) is 0.500. The molecule has 46 heavy (non-hydrogen) atoms. The van der Waals surface area contributed by atoms with Gasteiger partial charge in [-0.15, -0.1) is 5.06 Å². The fourth-order valence-electron chi connectivity index (χ4n) is 5.49. The highest BCUT2D eigenvalue weighted by atomic mass is 32.2. The number of carbonyl (C=O) groups is 6. The van der Waals surface area contributed by atoms with E-state index in [0.717, 1.165) is 0 Å². The van der Waals surface area contributed by atoms with Crippen molar-refractivity contribution in [1.82, 2.24) is 15.3 Å². The van der Waals surface area contributed by atoms with Gasteiger partial charge in [-0.05, 0) is 57.1 Å². The molecule has 0 spiro atoms. The number of benzene rings is 1. The number of ether oxygens (including phenoxy) is 1. The topological polar surface area (TPSA) is 237 Å². The lowest BCUT2D eigenvalue weighted by Crippen LogP contribution is -2.39. The van der Waals surface area contributed by atoms with Gasteiger partial charge in [0.2, 0.25) is 5.91 Å². The molecular formula is C28H32N4O13S. The minimum Gasteiger partial charge on any atom is -0.494 e. The molecule has 3 aliphatic rings. The molecule has 1 aromatic carbocycles. The number of nitrogens with one attached hydrogen (secondary N) is 1. The molecule has 1 saturated heterocycles. The van der Waals surface area contributed by atoms with Crippen molar-refractivity contribution in [2.45, 2.75) is 63.2 Å². The first-order valence-electron chi connectivity index (χ1n) is 14.4. The van der Waals surface area contributed by atoms with Crippen LogP contribution in [0.1, 0.15) is 63.5 Å². The maximum atomic E-state index is 13.0. The molecule has 18 heteroatoms. The Balaban J connectivity index is 1.26. The lowest BCUT2D eigenvalue weighted by Gasteiger charge is -2.30. The molecule has 1 aromatic rings. The van der Waals surface area contributed by atoms with Crippen LogP contribution < -0.4 is 10.1 Å². The van der Waals surface area contributed by atoms with Crippen LogP contribution in [0, 0.1) is 22.0 Å². The summed E-state index contributed by atoms with van der Waals surface area (Å²) in [6, 6.07) is 3.20. The third kappa shape index (κ3) is 8.11. The number of nitrogens with zero attached hydrogens (tertiary/aromatic N) is 3. The Hall–Kier alpha value is -4.71. The zero-order valence-corrected chi connectivity index (χ0v) is 25.5. The van der Waals surface area contributed by atoms with Crippen molar-refractivity contribution >= 4 is 51.3 Å². The molecule has 2 atom stereocenters. The summed E-state index contributed by atoms with van der Waals surface area (Å²) in [4.78, 5) is 89.6. The highest BCUT2D eigenvalue weighted by Crippen LogP contribution is 2.33. The lowest BCUT2D eigenvalue weighted by molar-refractivity contribution is -0.385. The van der Waals surface area contributed by atoms with E-state index in [1.807, 2.05) is 0 Å². The van der Waals surface area contributed by atoms with Crippen LogP contribution in [-0.2, 0) is 43.7 Å². The first-order valence-corrected chi connectivity index (χ1v) is 15.9. The molecule has 0 aromatic heterocycles. The highest BCUT2D eigenvalue weighted by molar-refractivity contribution is 7.87. The van der Waals surface area contributed by atoms with E-state index in [4.69, 9.17) is 9.29 Å². The Morgan fingerprint density at radius 1 is 1.11 bits per heavy atom. The molecule has 0 bridgehead atoms. The summed E-state index contributed by atoms with van der Waals surface area (Å²) in [5.74, 6) is -4.55. The maximum Gasteiger partial charge on any atom is 0.333 e. The fourth-order valence-corrected chi connectivity index (χ4v) is 6.19. The van der Waals surface area contributed by atoms with Gasteiger partial charge in [0.15, 0.2) is 5.25 Å². The number of imide groups is 2. The normalized spacial score (nSPS) is 22.3. The number of carbonyl (C=O) groups excluding carboxylic acids is 6. The van der Waals surface area contributed by atoms with Crippen molar-refractivity contribution in [3.05, 3.63) is 46.0 Å². The van der Waals surface area contributed by atoms with Crippen LogP contribution in [0.2, 0.25) is 0 Å². The van der Waals surface area contributed by atoms with Crippen molar-refractivity contribution < 1.29 is 56.2 Å². The van der Waals surface area contributed by atoms with Gasteiger partial charge in [-0.3, -0.25) is 43.5 Å². The molecule has 2 fully saturated rings. The first-order chi connectivity index (χ1) is 21.6. The Morgan fingerprint density at radius 2 is 1.76 bits per heavy atom. The van der Waals surface area contributed by atoms with Gasteiger partial charge in [-0.1, -0.05) is 0 Å². The summed E-state index contributed by atoms with van der Waals surface area (Å²) in [7, 11) is -4.86. The minimum atomic E-state index is -4.86.